The molecule has 0 aromatic carbocycles. The topological polar surface area (TPSA) is 26.7 Å². The van der Waals surface area contributed by atoms with Crippen molar-refractivity contribution in [3.63, 3.8) is 0 Å². The highest BCUT2D eigenvalue weighted by Gasteiger charge is 2.31. The predicted molar refractivity (Wildman–Crippen MR) is 64.0 cm³/mol. The van der Waals surface area contributed by atoms with Gasteiger partial charge in [0.15, 0.2) is 0 Å². The van der Waals surface area contributed by atoms with Crippen LogP contribution in [0.5, 0.6) is 0 Å². The molecule has 1 N–H and O–H groups in total. The van der Waals surface area contributed by atoms with Crippen LogP contribution in [0.3, 0.4) is 0 Å². The first-order valence-electron chi connectivity index (χ1n) is 6.11. The number of likely N-dealkylation sites (N-methyl/N-ethyl adjacent to an activating group) is 2. The van der Waals surface area contributed by atoms with Gasteiger partial charge in [0.25, 0.3) is 0 Å². The lowest BCUT2D eigenvalue weighted by atomic mass is 10.2. The minimum absolute atomic E-state index is 0.102. The van der Waals surface area contributed by atoms with Gasteiger partial charge in [0, 0.05) is 19.1 Å². The fraction of sp³-hybridized carbons (Fsp3) is 1.00. The minimum atomic E-state index is -0.102. The van der Waals surface area contributed by atoms with Gasteiger partial charge >= 0.3 is 0 Å². The average molecular weight is 214 g/mol. The molecule has 0 saturated heterocycles. The summed E-state index contributed by atoms with van der Waals surface area (Å²) in [5, 5.41) is 9.92. The van der Waals surface area contributed by atoms with E-state index in [0.717, 1.165) is 19.6 Å². The number of hydrogen-bond donors (Lipinski definition) is 1. The van der Waals surface area contributed by atoms with Crippen LogP contribution in [0.4, 0.5) is 0 Å². The standard InChI is InChI=1S/C12H26N2O/c1-5-14(10(2)8-13(3)4)9-12(15)11-6-7-11/h10-12,15H,5-9H2,1-4H3. The minimum Gasteiger partial charge on any atom is -0.392 e. The molecule has 0 amide bonds. The van der Waals surface area contributed by atoms with Gasteiger partial charge in [-0.3, -0.25) is 4.90 Å². The molecule has 3 nitrogen and oxygen atoms in total. The van der Waals surface area contributed by atoms with Crippen molar-refractivity contribution in [3.8, 4) is 0 Å². The maximum Gasteiger partial charge on any atom is 0.0695 e. The average Bonchev–Trinajstić information content (AvgIpc) is 2.95. The molecule has 2 atom stereocenters. The summed E-state index contributed by atoms with van der Waals surface area (Å²) < 4.78 is 0. The second-order valence-corrected chi connectivity index (χ2v) is 5.10. The van der Waals surface area contributed by atoms with Gasteiger partial charge in [0.05, 0.1) is 6.10 Å². The number of rotatable bonds is 7. The molecule has 1 rings (SSSR count). The molecule has 0 aromatic rings. The van der Waals surface area contributed by atoms with Crippen LogP contribution in [0.2, 0.25) is 0 Å². The van der Waals surface area contributed by atoms with Gasteiger partial charge in [-0.1, -0.05) is 6.92 Å². The van der Waals surface area contributed by atoms with Crippen molar-refractivity contribution in [3.05, 3.63) is 0 Å². The van der Waals surface area contributed by atoms with Crippen molar-refractivity contribution < 1.29 is 5.11 Å². The van der Waals surface area contributed by atoms with Crippen molar-refractivity contribution in [2.45, 2.75) is 38.8 Å². The van der Waals surface area contributed by atoms with Gasteiger partial charge in [0.2, 0.25) is 0 Å². The quantitative estimate of drug-likeness (QED) is 0.686. The predicted octanol–water partition coefficient (Wildman–Crippen LogP) is 1.03. The molecular formula is C12H26N2O. The first-order valence-corrected chi connectivity index (χ1v) is 6.11. The first kappa shape index (κ1) is 12.9. The molecular weight excluding hydrogens is 188 g/mol. The van der Waals surface area contributed by atoms with Crippen molar-refractivity contribution in [1.29, 1.82) is 0 Å². The third kappa shape index (κ3) is 4.49. The van der Waals surface area contributed by atoms with E-state index in [9.17, 15) is 5.11 Å². The number of hydrogen-bond acceptors (Lipinski definition) is 3. The Balaban J connectivity index is 2.32. The molecule has 15 heavy (non-hydrogen) atoms. The van der Waals surface area contributed by atoms with Crippen molar-refractivity contribution in [2.75, 3.05) is 33.7 Å². The molecule has 0 bridgehead atoms. The van der Waals surface area contributed by atoms with Gasteiger partial charge in [-0.25, -0.2) is 0 Å². The third-order valence-corrected chi connectivity index (χ3v) is 3.25. The van der Waals surface area contributed by atoms with Crippen LogP contribution < -0.4 is 0 Å². The van der Waals surface area contributed by atoms with E-state index in [0.29, 0.717) is 12.0 Å². The Bertz CT molecular complexity index is 180. The molecule has 1 saturated carbocycles. The zero-order chi connectivity index (χ0) is 11.4. The Labute approximate surface area is 94.1 Å². The summed E-state index contributed by atoms with van der Waals surface area (Å²) in [4.78, 5) is 4.58. The van der Waals surface area contributed by atoms with Crippen LogP contribution in [0.1, 0.15) is 26.7 Å². The van der Waals surface area contributed by atoms with Crippen LogP contribution >= 0.6 is 0 Å². The Morgan fingerprint density at radius 3 is 2.27 bits per heavy atom. The maximum atomic E-state index is 9.92. The summed E-state index contributed by atoms with van der Waals surface area (Å²) in [7, 11) is 4.20. The van der Waals surface area contributed by atoms with E-state index < -0.39 is 0 Å². The van der Waals surface area contributed by atoms with E-state index in [1.165, 1.54) is 12.8 Å². The van der Waals surface area contributed by atoms with Gasteiger partial charge in [0.1, 0.15) is 0 Å². The zero-order valence-corrected chi connectivity index (χ0v) is 10.6. The molecule has 0 aromatic heterocycles. The Kier molecular flexibility index (Phi) is 5.03. The normalized spacial score (nSPS) is 21.0. The molecule has 2 unspecified atom stereocenters. The molecule has 1 aliphatic carbocycles. The van der Waals surface area contributed by atoms with Crippen LogP contribution in [-0.4, -0.2) is 60.8 Å². The number of aliphatic hydroxyl groups excluding tert-OH is 1. The molecule has 1 fully saturated rings. The highest BCUT2D eigenvalue weighted by molar-refractivity contribution is 4.84. The molecule has 90 valence electrons. The van der Waals surface area contributed by atoms with Crippen LogP contribution in [0.15, 0.2) is 0 Å². The molecule has 0 spiro atoms. The first-order chi connectivity index (χ1) is 7.04. The van der Waals surface area contributed by atoms with Gasteiger partial charge in [-0.15, -0.1) is 0 Å². The Morgan fingerprint density at radius 1 is 1.27 bits per heavy atom. The van der Waals surface area contributed by atoms with E-state index >= 15 is 0 Å². The van der Waals surface area contributed by atoms with Crippen molar-refractivity contribution in [2.24, 2.45) is 5.92 Å². The number of aliphatic hydroxyl groups is 1. The third-order valence-electron chi connectivity index (χ3n) is 3.25. The lowest BCUT2D eigenvalue weighted by Gasteiger charge is -2.31. The van der Waals surface area contributed by atoms with E-state index in [-0.39, 0.29) is 6.10 Å². The van der Waals surface area contributed by atoms with E-state index in [1.807, 2.05) is 0 Å². The second kappa shape index (κ2) is 5.83. The Hall–Kier alpha value is -0.120. The van der Waals surface area contributed by atoms with E-state index in [4.69, 9.17) is 0 Å². The molecule has 0 aliphatic heterocycles. The summed E-state index contributed by atoms with van der Waals surface area (Å²) in [6, 6.07) is 0.526. The summed E-state index contributed by atoms with van der Waals surface area (Å²) in [5.74, 6) is 0.589. The summed E-state index contributed by atoms with van der Waals surface area (Å²) in [5.41, 5.74) is 0. The molecule has 1 aliphatic rings. The second-order valence-electron chi connectivity index (χ2n) is 5.10. The van der Waals surface area contributed by atoms with Crippen molar-refractivity contribution in [1.82, 2.24) is 9.80 Å². The molecule has 0 heterocycles. The maximum absolute atomic E-state index is 9.92. The van der Waals surface area contributed by atoms with Crippen LogP contribution in [-0.2, 0) is 0 Å². The molecule has 0 radical (unpaired) electrons. The fourth-order valence-electron chi connectivity index (χ4n) is 2.13. The van der Waals surface area contributed by atoms with Gasteiger partial charge in [-0.2, -0.15) is 0 Å². The summed E-state index contributed by atoms with van der Waals surface area (Å²) >= 11 is 0. The van der Waals surface area contributed by atoms with E-state index in [1.54, 1.807) is 0 Å². The smallest absolute Gasteiger partial charge is 0.0695 e. The monoisotopic (exact) mass is 214 g/mol. The van der Waals surface area contributed by atoms with Crippen LogP contribution in [0.25, 0.3) is 0 Å². The largest absolute Gasteiger partial charge is 0.392 e. The van der Waals surface area contributed by atoms with Crippen molar-refractivity contribution >= 4 is 0 Å². The number of nitrogens with zero attached hydrogens (tertiary/aromatic N) is 2. The van der Waals surface area contributed by atoms with Gasteiger partial charge in [-0.05, 0) is 46.3 Å². The lowest BCUT2D eigenvalue weighted by molar-refractivity contribution is 0.0725. The SMILES string of the molecule is CCN(CC(O)C1CC1)C(C)CN(C)C. The zero-order valence-electron chi connectivity index (χ0n) is 10.6. The van der Waals surface area contributed by atoms with Crippen LogP contribution in [0, 0.1) is 5.92 Å². The Morgan fingerprint density at radius 2 is 1.87 bits per heavy atom. The highest BCUT2D eigenvalue weighted by atomic mass is 16.3. The molecule has 3 heteroatoms. The summed E-state index contributed by atoms with van der Waals surface area (Å²) in [6.07, 6.45) is 2.34. The van der Waals surface area contributed by atoms with E-state index in [2.05, 4.69) is 37.7 Å². The highest BCUT2D eigenvalue weighted by Crippen LogP contribution is 2.32. The summed E-state index contributed by atoms with van der Waals surface area (Å²) in [6.45, 7) is 7.34. The lowest BCUT2D eigenvalue weighted by Crippen LogP contribution is -2.44. The van der Waals surface area contributed by atoms with Gasteiger partial charge < -0.3 is 10.0 Å². The fourth-order valence-corrected chi connectivity index (χ4v) is 2.13.